The highest BCUT2D eigenvalue weighted by Crippen LogP contribution is 2.32. The van der Waals surface area contributed by atoms with E-state index in [1.54, 1.807) is 0 Å². The fraction of sp³-hybridized carbons (Fsp3) is 0.333. The first-order valence-corrected chi connectivity index (χ1v) is 11.0. The third-order valence-corrected chi connectivity index (χ3v) is 6.26. The van der Waals surface area contributed by atoms with Crippen LogP contribution in [0.25, 0.3) is 10.8 Å². The van der Waals surface area contributed by atoms with E-state index in [1.165, 1.54) is 0 Å². The maximum absolute atomic E-state index is 13.2. The number of nitrogens with one attached hydrogen (secondary N) is 3. The number of piperidine rings is 1. The molecule has 3 heterocycles. The lowest BCUT2D eigenvalue weighted by molar-refractivity contribution is -0.123. The first-order valence-electron chi connectivity index (χ1n) is 11.0. The molecule has 32 heavy (non-hydrogen) atoms. The summed E-state index contributed by atoms with van der Waals surface area (Å²) >= 11 is 0. The van der Waals surface area contributed by atoms with E-state index in [0.29, 0.717) is 17.6 Å². The molecule has 0 spiro atoms. The second-order valence-electron chi connectivity index (χ2n) is 8.67. The Balaban J connectivity index is 1.48. The van der Waals surface area contributed by atoms with E-state index >= 15 is 0 Å². The summed E-state index contributed by atoms with van der Waals surface area (Å²) in [5.41, 5.74) is 0.460. The molecule has 3 aromatic rings. The Hall–Kier alpha value is -3.68. The van der Waals surface area contributed by atoms with E-state index < -0.39 is 11.8 Å². The van der Waals surface area contributed by atoms with Gasteiger partial charge in [-0.05, 0) is 30.2 Å². The highest BCUT2D eigenvalue weighted by Gasteiger charge is 2.35. The van der Waals surface area contributed by atoms with Crippen molar-refractivity contribution in [3.05, 3.63) is 58.4 Å². The number of carbonyl (C=O) groups is 2. The van der Waals surface area contributed by atoms with Gasteiger partial charge in [0.15, 0.2) is 0 Å². The zero-order valence-corrected chi connectivity index (χ0v) is 17.9. The second kappa shape index (κ2) is 8.11. The number of hydrogen-bond acceptors (Lipinski definition) is 5. The van der Waals surface area contributed by atoms with E-state index in [-0.39, 0.29) is 29.3 Å². The fourth-order valence-electron chi connectivity index (χ4n) is 4.67. The van der Waals surface area contributed by atoms with Gasteiger partial charge in [-0.25, -0.2) is 0 Å². The Morgan fingerprint density at radius 3 is 2.81 bits per heavy atom. The van der Waals surface area contributed by atoms with Gasteiger partial charge in [-0.2, -0.15) is 4.98 Å². The van der Waals surface area contributed by atoms with Crippen molar-refractivity contribution in [3.63, 3.8) is 0 Å². The minimum Gasteiger partial charge on any atom is -0.342 e. The zero-order chi connectivity index (χ0) is 22.2. The predicted molar refractivity (Wildman–Crippen MR) is 124 cm³/mol. The van der Waals surface area contributed by atoms with Crippen molar-refractivity contribution in [2.45, 2.75) is 32.1 Å². The Labute approximate surface area is 185 Å². The molecule has 164 valence electrons. The van der Waals surface area contributed by atoms with Crippen LogP contribution in [0, 0.1) is 5.92 Å². The fourth-order valence-corrected chi connectivity index (χ4v) is 4.67. The predicted octanol–water partition coefficient (Wildman–Crippen LogP) is 3.22. The second-order valence-corrected chi connectivity index (χ2v) is 8.67. The van der Waals surface area contributed by atoms with Gasteiger partial charge in [-0.15, -0.1) is 0 Å². The smallest absolute Gasteiger partial charge is 0.258 e. The molecular weight excluding hydrogens is 406 g/mol. The summed E-state index contributed by atoms with van der Waals surface area (Å²) in [5, 5.41) is 7.50. The van der Waals surface area contributed by atoms with Gasteiger partial charge in [0.05, 0.1) is 11.5 Å². The average Bonchev–Trinajstić information content (AvgIpc) is 2.78. The zero-order valence-electron chi connectivity index (χ0n) is 17.9. The van der Waals surface area contributed by atoms with Crippen LogP contribution in [0.2, 0.25) is 0 Å². The SMILES string of the molecule is CC1CCCN(c2nc3c(c(=O)[nH]2)C(C(=O)Nc2cccc4ccccc24)CC(=O)N3)C1. The third kappa shape index (κ3) is 3.72. The van der Waals surface area contributed by atoms with E-state index in [2.05, 4.69) is 27.5 Å². The van der Waals surface area contributed by atoms with E-state index in [4.69, 9.17) is 0 Å². The van der Waals surface area contributed by atoms with Crippen LogP contribution in [0.4, 0.5) is 17.5 Å². The van der Waals surface area contributed by atoms with Crippen molar-refractivity contribution in [3.8, 4) is 0 Å². The lowest BCUT2D eigenvalue weighted by Crippen LogP contribution is -2.40. The molecule has 8 heteroatoms. The first kappa shape index (κ1) is 20.2. The number of aromatic amines is 1. The highest BCUT2D eigenvalue weighted by atomic mass is 16.2. The Morgan fingerprint density at radius 1 is 1.16 bits per heavy atom. The molecule has 1 aromatic heterocycles. The number of carbonyl (C=O) groups excluding carboxylic acids is 2. The van der Waals surface area contributed by atoms with Gasteiger partial charge < -0.3 is 15.5 Å². The van der Waals surface area contributed by atoms with Crippen LogP contribution in [0.1, 0.15) is 37.7 Å². The number of fused-ring (bicyclic) bond motifs is 2. The average molecular weight is 431 g/mol. The van der Waals surface area contributed by atoms with Crippen LogP contribution < -0.4 is 21.1 Å². The van der Waals surface area contributed by atoms with Crippen molar-refractivity contribution >= 4 is 40.0 Å². The standard InChI is InChI=1S/C24H25N5O3/c1-14-6-5-11-29(13-14)24-27-21-20(23(32)28-24)17(12-19(30)26-21)22(31)25-18-10-4-8-15-7-2-3-9-16(15)18/h2-4,7-10,14,17H,5-6,11-13H2,1H3,(H,25,31)(H2,26,27,28,30,32). The number of benzene rings is 2. The molecular formula is C24H25N5O3. The normalized spacial score (nSPS) is 20.5. The third-order valence-electron chi connectivity index (χ3n) is 6.26. The molecule has 2 aromatic carbocycles. The van der Waals surface area contributed by atoms with Crippen molar-refractivity contribution in [2.24, 2.45) is 5.92 Å². The van der Waals surface area contributed by atoms with Crippen molar-refractivity contribution in [1.29, 1.82) is 0 Å². The minimum atomic E-state index is -0.914. The van der Waals surface area contributed by atoms with E-state index in [9.17, 15) is 14.4 Å². The van der Waals surface area contributed by atoms with Crippen molar-refractivity contribution in [2.75, 3.05) is 28.6 Å². The Kier molecular flexibility index (Phi) is 5.13. The van der Waals surface area contributed by atoms with Crippen molar-refractivity contribution in [1.82, 2.24) is 9.97 Å². The van der Waals surface area contributed by atoms with Crippen LogP contribution in [0.3, 0.4) is 0 Å². The molecule has 2 amide bonds. The monoisotopic (exact) mass is 431 g/mol. The van der Waals surface area contributed by atoms with Gasteiger partial charge in [0.2, 0.25) is 17.8 Å². The van der Waals surface area contributed by atoms with Crippen LogP contribution in [-0.4, -0.2) is 34.9 Å². The molecule has 8 nitrogen and oxygen atoms in total. The van der Waals surface area contributed by atoms with E-state index in [0.717, 1.165) is 36.7 Å². The summed E-state index contributed by atoms with van der Waals surface area (Å²) in [7, 11) is 0. The van der Waals surface area contributed by atoms with Gasteiger partial charge in [0.1, 0.15) is 5.82 Å². The summed E-state index contributed by atoms with van der Waals surface area (Å²) in [4.78, 5) is 48.1. The largest absolute Gasteiger partial charge is 0.342 e. The number of H-pyrrole nitrogens is 1. The summed E-state index contributed by atoms with van der Waals surface area (Å²) in [5.74, 6) is -0.523. The summed E-state index contributed by atoms with van der Waals surface area (Å²) < 4.78 is 0. The lowest BCUT2D eigenvalue weighted by atomic mass is 9.92. The molecule has 0 radical (unpaired) electrons. The summed E-state index contributed by atoms with van der Waals surface area (Å²) in [6, 6.07) is 13.4. The Morgan fingerprint density at radius 2 is 1.97 bits per heavy atom. The van der Waals surface area contributed by atoms with Crippen LogP contribution in [-0.2, 0) is 9.59 Å². The van der Waals surface area contributed by atoms with Crippen LogP contribution >= 0.6 is 0 Å². The number of amides is 2. The number of anilines is 3. The van der Waals surface area contributed by atoms with E-state index in [1.807, 2.05) is 47.4 Å². The molecule has 2 unspecified atom stereocenters. The molecule has 5 rings (SSSR count). The maximum atomic E-state index is 13.2. The van der Waals surface area contributed by atoms with Crippen molar-refractivity contribution < 1.29 is 9.59 Å². The molecule has 1 fully saturated rings. The number of aromatic nitrogens is 2. The molecule has 0 bridgehead atoms. The van der Waals surface area contributed by atoms with Gasteiger partial charge in [0.25, 0.3) is 5.56 Å². The molecule has 3 N–H and O–H groups in total. The number of nitrogens with zero attached hydrogens (tertiary/aromatic N) is 2. The molecule has 1 saturated heterocycles. The number of rotatable bonds is 3. The highest BCUT2D eigenvalue weighted by molar-refractivity contribution is 6.08. The van der Waals surface area contributed by atoms with Gasteiger partial charge in [-0.3, -0.25) is 19.4 Å². The summed E-state index contributed by atoms with van der Waals surface area (Å²) in [6.45, 7) is 3.75. The minimum absolute atomic E-state index is 0.103. The van der Waals surface area contributed by atoms with Crippen LogP contribution in [0.5, 0.6) is 0 Å². The molecule has 2 aliphatic rings. The molecule has 0 saturated carbocycles. The van der Waals surface area contributed by atoms with Crippen LogP contribution in [0.15, 0.2) is 47.3 Å². The quantitative estimate of drug-likeness (QED) is 0.590. The first-order chi connectivity index (χ1) is 15.5. The number of hydrogen-bond donors (Lipinski definition) is 3. The maximum Gasteiger partial charge on any atom is 0.258 e. The molecule has 0 aliphatic carbocycles. The molecule has 2 aliphatic heterocycles. The van der Waals surface area contributed by atoms with Gasteiger partial charge in [0, 0.05) is 30.6 Å². The van der Waals surface area contributed by atoms with Gasteiger partial charge in [-0.1, -0.05) is 43.3 Å². The molecule has 2 atom stereocenters. The Bertz CT molecular complexity index is 1260. The lowest BCUT2D eigenvalue weighted by Gasteiger charge is -2.32. The topological polar surface area (TPSA) is 107 Å². The summed E-state index contributed by atoms with van der Waals surface area (Å²) in [6.07, 6.45) is 2.05. The van der Waals surface area contributed by atoms with Gasteiger partial charge >= 0.3 is 0 Å².